The molecule has 0 radical (unpaired) electrons. The molecule has 7 heteroatoms. The van der Waals surface area contributed by atoms with Crippen LogP contribution in [-0.2, 0) is 4.79 Å². The molecule has 19 heavy (non-hydrogen) atoms. The maximum absolute atomic E-state index is 11.3. The van der Waals surface area contributed by atoms with Crippen molar-refractivity contribution < 1.29 is 10.0 Å². The zero-order valence-corrected chi connectivity index (χ0v) is 10.5. The summed E-state index contributed by atoms with van der Waals surface area (Å²) >= 11 is 0. The van der Waals surface area contributed by atoms with Crippen LogP contribution < -0.4 is 10.4 Å². The van der Waals surface area contributed by atoms with Gasteiger partial charge in [-0.15, -0.1) is 0 Å². The zero-order chi connectivity index (χ0) is 13.4. The third-order valence-corrected chi connectivity index (χ3v) is 3.81. The summed E-state index contributed by atoms with van der Waals surface area (Å²) in [6, 6.07) is 2.20. The average Bonchev–Trinajstić information content (AvgIpc) is 2.84. The maximum atomic E-state index is 11.3. The molecule has 1 saturated carbocycles. The summed E-state index contributed by atoms with van der Waals surface area (Å²) in [5.74, 6) is 0.444. The van der Waals surface area contributed by atoms with Crippen LogP contribution in [0.2, 0.25) is 0 Å². The van der Waals surface area contributed by atoms with Crippen molar-refractivity contribution in [2.45, 2.75) is 18.9 Å². The van der Waals surface area contributed by atoms with Crippen molar-refractivity contribution in [1.29, 1.82) is 0 Å². The second kappa shape index (κ2) is 4.51. The Morgan fingerprint density at radius 1 is 1.53 bits per heavy atom. The number of carbonyl (C=O) groups excluding carboxylic acids is 1. The molecule has 1 aliphatic rings. The third-order valence-electron chi connectivity index (χ3n) is 3.81. The molecule has 2 aromatic rings. The van der Waals surface area contributed by atoms with Gasteiger partial charge >= 0.3 is 0 Å². The minimum absolute atomic E-state index is 0.110. The first kappa shape index (κ1) is 11.9. The summed E-state index contributed by atoms with van der Waals surface area (Å²) in [6.45, 7) is 0. The number of fused-ring (bicyclic) bond motifs is 1. The van der Waals surface area contributed by atoms with E-state index in [1.54, 1.807) is 5.48 Å². The molecule has 100 valence electrons. The van der Waals surface area contributed by atoms with Gasteiger partial charge in [0.05, 0.1) is 5.39 Å². The van der Waals surface area contributed by atoms with Crippen LogP contribution >= 0.6 is 0 Å². The Balaban J connectivity index is 1.77. The molecule has 7 nitrogen and oxygen atoms in total. The van der Waals surface area contributed by atoms with E-state index in [-0.39, 0.29) is 17.9 Å². The van der Waals surface area contributed by atoms with Crippen molar-refractivity contribution in [2.75, 3.05) is 11.9 Å². The highest BCUT2D eigenvalue weighted by Crippen LogP contribution is 2.34. The Morgan fingerprint density at radius 2 is 2.32 bits per heavy atom. The lowest BCUT2D eigenvalue weighted by Gasteiger charge is -2.40. The van der Waals surface area contributed by atoms with Crippen LogP contribution in [-0.4, -0.2) is 39.2 Å². The van der Waals surface area contributed by atoms with Gasteiger partial charge in [-0.05, 0) is 18.9 Å². The molecule has 0 bridgehead atoms. The third kappa shape index (κ3) is 1.91. The molecule has 0 atom stereocenters. The molecule has 0 spiro atoms. The van der Waals surface area contributed by atoms with Crippen LogP contribution in [0, 0.1) is 5.92 Å². The highest BCUT2D eigenvalue weighted by atomic mass is 16.5. The van der Waals surface area contributed by atoms with Crippen molar-refractivity contribution in [2.24, 2.45) is 5.92 Å². The minimum atomic E-state index is -0.306. The van der Waals surface area contributed by atoms with E-state index >= 15 is 0 Å². The van der Waals surface area contributed by atoms with Crippen LogP contribution in [0.25, 0.3) is 11.0 Å². The number of nitrogens with zero attached hydrogens (tertiary/aromatic N) is 3. The van der Waals surface area contributed by atoms with Crippen LogP contribution in [0.5, 0.6) is 0 Å². The van der Waals surface area contributed by atoms with Gasteiger partial charge in [0.1, 0.15) is 17.8 Å². The summed E-state index contributed by atoms with van der Waals surface area (Å²) in [4.78, 5) is 24.8. The number of rotatable bonds is 3. The van der Waals surface area contributed by atoms with Crippen molar-refractivity contribution >= 4 is 22.8 Å². The molecular weight excluding hydrogens is 246 g/mol. The van der Waals surface area contributed by atoms with E-state index in [1.807, 2.05) is 19.3 Å². The van der Waals surface area contributed by atoms with E-state index in [2.05, 4.69) is 19.9 Å². The fourth-order valence-corrected chi connectivity index (χ4v) is 2.52. The summed E-state index contributed by atoms with van der Waals surface area (Å²) < 4.78 is 0. The lowest BCUT2D eigenvalue weighted by molar-refractivity contribution is -0.136. The number of amides is 1. The topological polar surface area (TPSA) is 94.1 Å². The first-order valence-electron chi connectivity index (χ1n) is 6.15. The van der Waals surface area contributed by atoms with Crippen molar-refractivity contribution in [1.82, 2.24) is 20.4 Å². The molecule has 1 aliphatic carbocycles. The number of hydrogen-bond donors (Lipinski definition) is 3. The predicted molar refractivity (Wildman–Crippen MR) is 68.7 cm³/mol. The quantitative estimate of drug-likeness (QED) is 0.558. The molecule has 3 rings (SSSR count). The normalized spacial score (nSPS) is 22.0. The second-order valence-electron chi connectivity index (χ2n) is 4.85. The largest absolute Gasteiger partial charge is 0.356 e. The molecule has 0 saturated heterocycles. The summed E-state index contributed by atoms with van der Waals surface area (Å²) in [6.07, 6.45) is 4.80. The van der Waals surface area contributed by atoms with Crippen LogP contribution in [0.15, 0.2) is 18.6 Å². The summed E-state index contributed by atoms with van der Waals surface area (Å²) in [5.41, 5.74) is 2.51. The van der Waals surface area contributed by atoms with E-state index < -0.39 is 0 Å². The molecule has 0 aromatic carbocycles. The van der Waals surface area contributed by atoms with E-state index in [4.69, 9.17) is 5.21 Å². The van der Waals surface area contributed by atoms with Crippen LogP contribution in [0.1, 0.15) is 12.8 Å². The first-order valence-corrected chi connectivity index (χ1v) is 6.15. The number of nitrogens with one attached hydrogen (secondary N) is 2. The monoisotopic (exact) mass is 261 g/mol. The Kier molecular flexibility index (Phi) is 2.83. The zero-order valence-electron chi connectivity index (χ0n) is 10.5. The Hall–Kier alpha value is -2.15. The van der Waals surface area contributed by atoms with Crippen molar-refractivity contribution in [3.05, 3.63) is 18.6 Å². The fraction of sp³-hybridized carbons (Fsp3) is 0.417. The van der Waals surface area contributed by atoms with Gasteiger partial charge in [-0.2, -0.15) is 0 Å². The number of hydrogen-bond acceptors (Lipinski definition) is 5. The van der Waals surface area contributed by atoms with Crippen molar-refractivity contribution in [3.8, 4) is 0 Å². The maximum Gasteiger partial charge on any atom is 0.246 e. The minimum Gasteiger partial charge on any atom is -0.356 e. The van der Waals surface area contributed by atoms with Gasteiger partial charge in [0.25, 0.3) is 0 Å². The highest BCUT2D eigenvalue weighted by molar-refractivity contribution is 5.87. The molecule has 0 aliphatic heterocycles. The molecule has 2 aromatic heterocycles. The van der Waals surface area contributed by atoms with Gasteiger partial charge in [-0.3, -0.25) is 10.0 Å². The number of hydroxylamine groups is 1. The van der Waals surface area contributed by atoms with E-state index in [0.29, 0.717) is 0 Å². The van der Waals surface area contributed by atoms with Crippen LogP contribution in [0.3, 0.4) is 0 Å². The van der Waals surface area contributed by atoms with Gasteiger partial charge in [0, 0.05) is 25.2 Å². The average molecular weight is 261 g/mol. The molecule has 0 unspecified atom stereocenters. The highest BCUT2D eigenvalue weighted by Gasteiger charge is 2.37. The second-order valence-corrected chi connectivity index (χ2v) is 4.85. The molecular formula is C12H15N5O2. The lowest BCUT2D eigenvalue weighted by atomic mass is 9.79. The fourth-order valence-electron chi connectivity index (χ4n) is 2.52. The number of carbonyl (C=O) groups is 1. The van der Waals surface area contributed by atoms with Crippen LogP contribution in [0.4, 0.5) is 5.82 Å². The molecule has 1 fully saturated rings. The number of aromatic amines is 1. The first-order chi connectivity index (χ1) is 9.20. The van der Waals surface area contributed by atoms with E-state index in [1.165, 1.54) is 6.33 Å². The SMILES string of the molecule is CN(c1ncnc2[nH]ccc12)[C@H]1C[C@@H](C(=O)NO)C1. The molecule has 1 amide bonds. The van der Waals surface area contributed by atoms with Gasteiger partial charge in [-0.1, -0.05) is 0 Å². The van der Waals surface area contributed by atoms with E-state index in [9.17, 15) is 4.79 Å². The number of anilines is 1. The Bertz CT molecular complexity index is 605. The number of aromatic nitrogens is 3. The Morgan fingerprint density at radius 3 is 3.05 bits per heavy atom. The standard InChI is InChI=1S/C12H15N5O2/c1-17(8-4-7(5-8)12(18)16-19)11-9-2-3-13-10(9)14-6-15-11/h2-3,6-8,19H,4-5H2,1H3,(H,16,18)(H,13,14,15)/t7-,8+. The van der Waals surface area contributed by atoms with Crippen molar-refractivity contribution in [3.63, 3.8) is 0 Å². The molecule has 2 heterocycles. The van der Waals surface area contributed by atoms with E-state index in [0.717, 1.165) is 29.7 Å². The number of H-pyrrole nitrogens is 1. The smallest absolute Gasteiger partial charge is 0.246 e. The van der Waals surface area contributed by atoms with Gasteiger partial charge in [0.15, 0.2) is 0 Å². The van der Waals surface area contributed by atoms with Gasteiger partial charge in [-0.25, -0.2) is 15.4 Å². The van der Waals surface area contributed by atoms with Gasteiger partial charge in [0.2, 0.25) is 5.91 Å². The van der Waals surface area contributed by atoms with Gasteiger partial charge < -0.3 is 9.88 Å². The lowest BCUT2D eigenvalue weighted by Crippen LogP contribution is -2.48. The summed E-state index contributed by atoms with van der Waals surface area (Å²) in [5, 5.41) is 9.56. The predicted octanol–water partition coefficient (Wildman–Crippen LogP) is 0.678. The molecule has 3 N–H and O–H groups in total. The Labute approximate surface area is 109 Å². The summed E-state index contributed by atoms with van der Waals surface area (Å²) in [7, 11) is 1.96.